The molecule has 6 heteroatoms. The molecule has 0 spiro atoms. The van der Waals surface area contributed by atoms with Gasteiger partial charge in [0.1, 0.15) is 16.5 Å². The molecule has 5 nitrogen and oxygen atoms in total. The predicted molar refractivity (Wildman–Crippen MR) is 67.6 cm³/mol. The maximum atomic E-state index is 5.54. The van der Waals surface area contributed by atoms with Crippen molar-refractivity contribution in [2.45, 2.75) is 0 Å². The fourth-order valence-electron chi connectivity index (χ4n) is 1.66. The molecule has 1 aliphatic rings. The number of rotatable bonds is 2. The van der Waals surface area contributed by atoms with Crippen molar-refractivity contribution in [1.82, 2.24) is 14.9 Å². The standard InChI is InChI=1S/C10H15N5S/c1-14-2-4-15(5-3-14)9-7-12-6-8(13-9)10(11)16/h6-7H,2-5H2,1H3,(H2,11,16). The zero-order chi connectivity index (χ0) is 11.5. The molecule has 1 saturated heterocycles. The number of nitrogens with zero attached hydrogens (tertiary/aromatic N) is 4. The second-order valence-electron chi connectivity index (χ2n) is 3.92. The largest absolute Gasteiger partial charge is 0.388 e. The van der Waals surface area contributed by atoms with Gasteiger partial charge in [0.05, 0.1) is 12.4 Å². The Balaban J connectivity index is 2.14. The minimum atomic E-state index is 0.295. The van der Waals surface area contributed by atoms with Gasteiger partial charge in [-0.3, -0.25) is 4.98 Å². The summed E-state index contributed by atoms with van der Waals surface area (Å²) >= 11 is 4.89. The van der Waals surface area contributed by atoms with Gasteiger partial charge in [-0.25, -0.2) is 4.98 Å². The lowest BCUT2D eigenvalue weighted by Crippen LogP contribution is -2.45. The number of hydrogen-bond acceptors (Lipinski definition) is 5. The zero-order valence-electron chi connectivity index (χ0n) is 9.26. The lowest BCUT2D eigenvalue weighted by Gasteiger charge is -2.33. The second kappa shape index (κ2) is 4.71. The Labute approximate surface area is 100 Å². The van der Waals surface area contributed by atoms with E-state index in [9.17, 15) is 0 Å². The van der Waals surface area contributed by atoms with E-state index in [1.807, 2.05) is 0 Å². The van der Waals surface area contributed by atoms with E-state index in [1.54, 1.807) is 12.4 Å². The summed E-state index contributed by atoms with van der Waals surface area (Å²) in [5.74, 6) is 0.860. The van der Waals surface area contributed by atoms with Crippen molar-refractivity contribution in [2.24, 2.45) is 5.73 Å². The molecule has 0 bridgehead atoms. The topological polar surface area (TPSA) is 58.3 Å². The molecular weight excluding hydrogens is 222 g/mol. The average molecular weight is 237 g/mol. The van der Waals surface area contributed by atoms with Crippen LogP contribution in [0.15, 0.2) is 12.4 Å². The number of thiocarbonyl (C=S) groups is 1. The maximum Gasteiger partial charge on any atom is 0.148 e. The molecule has 2 heterocycles. The quantitative estimate of drug-likeness (QED) is 0.723. The molecular formula is C10H15N5S. The van der Waals surface area contributed by atoms with Crippen LogP contribution in [0.3, 0.4) is 0 Å². The summed E-state index contributed by atoms with van der Waals surface area (Å²) < 4.78 is 0. The molecule has 0 unspecified atom stereocenters. The van der Waals surface area contributed by atoms with Gasteiger partial charge in [-0.1, -0.05) is 12.2 Å². The Kier molecular flexibility index (Phi) is 3.31. The molecule has 0 atom stereocenters. The molecule has 1 aromatic rings. The lowest BCUT2D eigenvalue weighted by molar-refractivity contribution is 0.312. The van der Waals surface area contributed by atoms with Gasteiger partial charge in [0.15, 0.2) is 0 Å². The van der Waals surface area contributed by atoms with E-state index in [-0.39, 0.29) is 0 Å². The Bertz CT molecular complexity index is 387. The number of aromatic nitrogens is 2. The lowest BCUT2D eigenvalue weighted by atomic mass is 10.3. The summed E-state index contributed by atoms with van der Waals surface area (Å²) in [4.78, 5) is 13.3. The van der Waals surface area contributed by atoms with E-state index < -0.39 is 0 Å². The van der Waals surface area contributed by atoms with Crippen LogP contribution >= 0.6 is 12.2 Å². The molecule has 2 N–H and O–H groups in total. The molecule has 0 amide bonds. The average Bonchev–Trinajstić information content (AvgIpc) is 2.30. The smallest absolute Gasteiger partial charge is 0.148 e. The van der Waals surface area contributed by atoms with Crippen LogP contribution in [0.1, 0.15) is 5.69 Å². The highest BCUT2D eigenvalue weighted by molar-refractivity contribution is 7.80. The number of likely N-dealkylation sites (N-methyl/N-ethyl adjacent to an activating group) is 1. The summed E-state index contributed by atoms with van der Waals surface area (Å²) in [5, 5.41) is 0. The first-order valence-corrected chi connectivity index (χ1v) is 5.63. The van der Waals surface area contributed by atoms with Crippen molar-refractivity contribution in [3.63, 3.8) is 0 Å². The van der Waals surface area contributed by atoms with Crippen molar-refractivity contribution in [3.8, 4) is 0 Å². The van der Waals surface area contributed by atoms with Crippen molar-refractivity contribution in [2.75, 3.05) is 38.1 Å². The van der Waals surface area contributed by atoms with E-state index >= 15 is 0 Å². The first-order chi connectivity index (χ1) is 7.66. The molecule has 0 saturated carbocycles. The van der Waals surface area contributed by atoms with Crippen LogP contribution < -0.4 is 10.6 Å². The molecule has 2 rings (SSSR count). The van der Waals surface area contributed by atoms with E-state index in [2.05, 4.69) is 26.8 Å². The minimum absolute atomic E-state index is 0.295. The van der Waals surface area contributed by atoms with Gasteiger partial charge in [-0.15, -0.1) is 0 Å². The third-order valence-corrected chi connectivity index (χ3v) is 2.91. The third kappa shape index (κ3) is 2.45. The molecule has 0 aliphatic carbocycles. The van der Waals surface area contributed by atoms with E-state index in [4.69, 9.17) is 18.0 Å². The van der Waals surface area contributed by atoms with E-state index in [1.165, 1.54) is 0 Å². The van der Waals surface area contributed by atoms with Crippen LogP contribution in [0.4, 0.5) is 5.82 Å². The van der Waals surface area contributed by atoms with Gasteiger partial charge in [-0.2, -0.15) is 0 Å². The Morgan fingerprint density at radius 1 is 1.31 bits per heavy atom. The Morgan fingerprint density at radius 2 is 2.00 bits per heavy atom. The van der Waals surface area contributed by atoms with Crippen LogP contribution in [0.5, 0.6) is 0 Å². The molecule has 0 aromatic carbocycles. The summed E-state index contributed by atoms with van der Waals surface area (Å²) in [5.41, 5.74) is 6.13. The van der Waals surface area contributed by atoms with Gasteiger partial charge in [0, 0.05) is 26.2 Å². The van der Waals surface area contributed by atoms with Crippen LogP contribution in [0.25, 0.3) is 0 Å². The Hall–Kier alpha value is -1.27. The third-order valence-electron chi connectivity index (χ3n) is 2.70. The van der Waals surface area contributed by atoms with Crippen LogP contribution in [-0.2, 0) is 0 Å². The highest BCUT2D eigenvalue weighted by atomic mass is 32.1. The number of nitrogens with two attached hydrogens (primary N) is 1. The molecule has 1 aromatic heterocycles. The van der Waals surface area contributed by atoms with E-state index in [0.717, 1.165) is 32.0 Å². The fourth-order valence-corrected chi connectivity index (χ4v) is 1.76. The normalized spacial score (nSPS) is 17.4. The highest BCUT2D eigenvalue weighted by Gasteiger charge is 2.15. The predicted octanol–water partition coefficient (Wildman–Crippen LogP) is -0.137. The molecule has 86 valence electrons. The van der Waals surface area contributed by atoms with Gasteiger partial charge < -0.3 is 15.5 Å². The second-order valence-corrected chi connectivity index (χ2v) is 4.36. The van der Waals surface area contributed by atoms with Crippen molar-refractivity contribution in [3.05, 3.63) is 18.1 Å². The molecule has 1 aliphatic heterocycles. The molecule has 0 radical (unpaired) electrons. The van der Waals surface area contributed by atoms with Crippen LogP contribution in [0, 0.1) is 0 Å². The number of hydrogen-bond donors (Lipinski definition) is 1. The van der Waals surface area contributed by atoms with Gasteiger partial charge >= 0.3 is 0 Å². The highest BCUT2D eigenvalue weighted by Crippen LogP contribution is 2.12. The van der Waals surface area contributed by atoms with Gasteiger partial charge in [0.25, 0.3) is 0 Å². The summed E-state index contributed by atoms with van der Waals surface area (Å²) in [6.45, 7) is 4.01. The maximum absolute atomic E-state index is 5.54. The summed E-state index contributed by atoms with van der Waals surface area (Å²) in [6.07, 6.45) is 3.36. The van der Waals surface area contributed by atoms with E-state index in [0.29, 0.717) is 10.7 Å². The monoisotopic (exact) mass is 237 g/mol. The first-order valence-electron chi connectivity index (χ1n) is 5.22. The van der Waals surface area contributed by atoms with Crippen molar-refractivity contribution >= 4 is 23.0 Å². The summed E-state index contributed by atoms with van der Waals surface area (Å²) in [7, 11) is 2.12. The van der Waals surface area contributed by atoms with Crippen LogP contribution in [0.2, 0.25) is 0 Å². The summed E-state index contributed by atoms with van der Waals surface area (Å²) in [6, 6.07) is 0. The molecule has 1 fully saturated rings. The Morgan fingerprint density at radius 3 is 2.62 bits per heavy atom. The number of piperazine rings is 1. The van der Waals surface area contributed by atoms with Gasteiger partial charge in [0.2, 0.25) is 0 Å². The van der Waals surface area contributed by atoms with Crippen molar-refractivity contribution < 1.29 is 0 Å². The van der Waals surface area contributed by atoms with Crippen LogP contribution in [-0.4, -0.2) is 53.1 Å². The minimum Gasteiger partial charge on any atom is -0.388 e. The van der Waals surface area contributed by atoms with Gasteiger partial charge in [-0.05, 0) is 7.05 Å². The first kappa shape index (κ1) is 11.2. The number of anilines is 1. The van der Waals surface area contributed by atoms with Crippen molar-refractivity contribution in [1.29, 1.82) is 0 Å². The SMILES string of the molecule is CN1CCN(c2cncc(C(N)=S)n2)CC1. The zero-order valence-corrected chi connectivity index (χ0v) is 10.1. The fraction of sp³-hybridized carbons (Fsp3) is 0.500. The molecule has 16 heavy (non-hydrogen) atoms.